The van der Waals surface area contributed by atoms with E-state index in [1.54, 1.807) is 0 Å². The molecule has 0 aromatic rings. The Morgan fingerprint density at radius 3 is 1.47 bits per heavy atom. The van der Waals surface area contributed by atoms with Gasteiger partial charge in [0.15, 0.2) is 18.9 Å². The van der Waals surface area contributed by atoms with Crippen molar-refractivity contribution < 1.29 is 79.1 Å². The van der Waals surface area contributed by atoms with E-state index in [0.717, 1.165) is 0 Å². The Morgan fingerprint density at radius 2 is 0.944 bits per heavy atom. The third kappa shape index (κ3) is 5.84. The van der Waals surface area contributed by atoms with E-state index < -0.39 is 112 Å². The van der Waals surface area contributed by atoms with Crippen molar-refractivity contribution in [3.05, 3.63) is 0 Å². The predicted octanol–water partition coefficient (Wildman–Crippen LogP) is -6.26. The van der Waals surface area contributed by atoms with Crippen molar-refractivity contribution in [3.8, 4) is 0 Å². The highest BCUT2D eigenvalue weighted by atomic mass is 16.8. The lowest BCUT2D eigenvalue weighted by atomic mass is 9.96. The summed E-state index contributed by atoms with van der Waals surface area (Å²) in [5.41, 5.74) is 0. The van der Waals surface area contributed by atoms with E-state index in [9.17, 15) is 46.0 Å². The largest absolute Gasteiger partial charge is 0.394 e. The zero-order chi connectivity index (χ0) is 26.7. The van der Waals surface area contributed by atoms with E-state index in [-0.39, 0.29) is 0 Å². The van der Waals surface area contributed by atoms with Crippen LogP contribution in [-0.4, -0.2) is 172 Å². The zero-order valence-electron chi connectivity index (χ0n) is 19.7. The van der Waals surface area contributed by atoms with Crippen LogP contribution in [0.15, 0.2) is 0 Å². The van der Waals surface area contributed by atoms with Crippen molar-refractivity contribution >= 4 is 0 Å². The van der Waals surface area contributed by atoms with Crippen LogP contribution in [0.3, 0.4) is 0 Å². The molecule has 0 bridgehead atoms. The Labute approximate surface area is 206 Å². The maximum atomic E-state index is 10.9. The number of hydrogen-bond donors (Lipinski definition) is 9. The maximum absolute atomic E-state index is 10.9. The molecule has 0 amide bonds. The molecule has 36 heavy (non-hydrogen) atoms. The average Bonchev–Trinajstić information content (AvgIpc) is 2.88. The van der Waals surface area contributed by atoms with Gasteiger partial charge in [-0.25, -0.2) is 0 Å². The van der Waals surface area contributed by atoms with Crippen molar-refractivity contribution in [1.29, 1.82) is 0 Å². The number of aliphatic hydroxyl groups is 9. The molecule has 9 N–H and O–H groups in total. The molecule has 16 nitrogen and oxygen atoms in total. The second-order valence-electron chi connectivity index (χ2n) is 8.76. The summed E-state index contributed by atoms with van der Waals surface area (Å²) in [5, 5.41) is 90.9. The van der Waals surface area contributed by atoms with Crippen LogP contribution < -0.4 is 0 Å². The van der Waals surface area contributed by atoms with Gasteiger partial charge in [0.25, 0.3) is 0 Å². The monoisotopic (exact) mass is 532 g/mol. The molecule has 0 aromatic carbocycles. The first-order valence-corrected chi connectivity index (χ1v) is 11.4. The molecule has 0 unspecified atom stereocenters. The predicted molar refractivity (Wildman–Crippen MR) is 111 cm³/mol. The van der Waals surface area contributed by atoms with Crippen molar-refractivity contribution in [1.82, 2.24) is 0 Å². The number of methoxy groups -OCH3 is 2. The summed E-state index contributed by atoms with van der Waals surface area (Å²) >= 11 is 0. The van der Waals surface area contributed by atoms with Gasteiger partial charge in [0.05, 0.1) is 19.8 Å². The molecular formula is C20H36O16. The van der Waals surface area contributed by atoms with Crippen LogP contribution in [-0.2, 0) is 33.2 Å². The normalized spacial score (nSPS) is 50.2. The minimum Gasteiger partial charge on any atom is -0.394 e. The quantitative estimate of drug-likeness (QED) is 0.134. The molecule has 15 atom stereocenters. The third-order valence-electron chi connectivity index (χ3n) is 6.56. The van der Waals surface area contributed by atoms with Crippen LogP contribution in [0, 0.1) is 0 Å². The first kappa shape index (κ1) is 29.9. The Hall–Kier alpha value is -0.640. The lowest BCUT2D eigenvalue weighted by Crippen LogP contribution is -2.67. The van der Waals surface area contributed by atoms with Gasteiger partial charge < -0.3 is 79.1 Å². The Balaban J connectivity index is 1.86. The van der Waals surface area contributed by atoms with Crippen LogP contribution in [0.2, 0.25) is 0 Å². The number of aliphatic hydroxyl groups excluding tert-OH is 9. The fourth-order valence-corrected chi connectivity index (χ4v) is 4.47. The fraction of sp³-hybridized carbons (Fsp3) is 1.00. The van der Waals surface area contributed by atoms with Crippen LogP contribution >= 0.6 is 0 Å². The van der Waals surface area contributed by atoms with Gasteiger partial charge in [-0.15, -0.1) is 0 Å². The van der Waals surface area contributed by atoms with Crippen molar-refractivity contribution in [2.45, 2.75) is 92.1 Å². The van der Waals surface area contributed by atoms with E-state index >= 15 is 0 Å². The van der Waals surface area contributed by atoms with Crippen molar-refractivity contribution in [2.24, 2.45) is 0 Å². The summed E-state index contributed by atoms with van der Waals surface area (Å²) in [7, 11) is 2.52. The Kier molecular flexibility index (Phi) is 10.8. The molecule has 3 aliphatic heterocycles. The van der Waals surface area contributed by atoms with E-state index in [2.05, 4.69) is 0 Å². The number of ether oxygens (including phenoxy) is 7. The molecule has 212 valence electrons. The van der Waals surface area contributed by atoms with E-state index in [1.807, 2.05) is 0 Å². The van der Waals surface area contributed by atoms with E-state index in [0.29, 0.717) is 0 Å². The van der Waals surface area contributed by atoms with Crippen LogP contribution in [0.25, 0.3) is 0 Å². The first-order chi connectivity index (χ1) is 17.1. The van der Waals surface area contributed by atoms with Gasteiger partial charge in [-0.05, 0) is 0 Å². The van der Waals surface area contributed by atoms with Crippen LogP contribution in [0.4, 0.5) is 0 Å². The average molecular weight is 532 g/mol. The van der Waals surface area contributed by atoms with Gasteiger partial charge in [0.1, 0.15) is 73.2 Å². The summed E-state index contributed by atoms with van der Waals surface area (Å²) in [4.78, 5) is 0. The van der Waals surface area contributed by atoms with Gasteiger partial charge in [-0.3, -0.25) is 0 Å². The smallest absolute Gasteiger partial charge is 0.187 e. The molecule has 3 fully saturated rings. The summed E-state index contributed by atoms with van der Waals surface area (Å²) in [6.45, 7) is -1.99. The lowest BCUT2D eigenvalue weighted by molar-refractivity contribution is -0.392. The summed E-state index contributed by atoms with van der Waals surface area (Å²) < 4.78 is 38.3. The molecule has 3 saturated heterocycles. The summed E-state index contributed by atoms with van der Waals surface area (Å²) in [5.74, 6) is 0. The van der Waals surface area contributed by atoms with Gasteiger partial charge in [0, 0.05) is 14.2 Å². The van der Waals surface area contributed by atoms with E-state index in [4.69, 9.17) is 33.2 Å². The molecule has 0 saturated carbocycles. The van der Waals surface area contributed by atoms with Gasteiger partial charge in [-0.2, -0.15) is 0 Å². The SMILES string of the molecule is CO[C@@H]1O[C@H](CO)[C@@H](OC)[C@H](O)[C@@H]1O[C@@H]1O[C@H](CO)[C@@H](O)[C@H](O)[C@@H]1O[C@@H]1O[C@H](CO)[C@@H](O)[C@H](O)[C@@H]1O. The second-order valence-corrected chi connectivity index (χ2v) is 8.76. The molecule has 16 heteroatoms. The van der Waals surface area contributed by atoms with Crippen molar-refractivity contribution in [3.63, 3.8) is 0 Å². The lowest BCUT2D eigenvalue weighted by Gasteiger charge is -2.48. The van der Waals surface area contributed by atoms with Gasteiger partial charge in [0.2, 0.25) is 0 Å². The minimum absolute atomic E-state index is 0.511. The molecule has 0 aromatic heterocycles. The molecule has 0 aliphatic carbocycles. The zero-order valence-corrected chi connectivity index (χ0v) is 19.7. The molecule has 3 rings (SSSR count). The first-order valence-electron chi connectivity index (χ1n) is 11.4. The molecule has 3 heterocycles. The number of hydrogen-bond acceptors (Lipinski definition) is 16. The van der Waals surface area contributed by atoms with Crippen LogP contribution in [0.5, 0.6) is 0 Å². The highest BCUT2D eigenvalue weighted by Crippen LogP contribution is 2.33. The standard InChI is InChI=1S/C20H36O16/c1-30-15-8(5-23)34-19(31-2)17(14(15)29)36-20-16(12(27)10(25)7(4-22)33-20)35-18-13(28)11(26)9(24)6(3-21)32-18/h6-29H,3-5H2,1-2H3/t6-,7-,8-,9-,10-,11+,12+,13+,14+,15-,16+,17+,18+,19-,20+/m1/s1. The van der Waals surface area contributed by atoms with Gasteiger partial charge >= 0.3 is 0 Å². The topological polar surface area (TPSA) is 247 Å². The Morgan fingerprint density at radius 1 is 0.472 bits per heavy atom. The molecular weight excluding hydrogens is 496 g/mol. The highest BCUT2D eigenvalue weighted by molar-refractivity contribution is 4.96. The highest BCUT2D eigenvalue weighted by Gasteiger charge is 2.54. The van der Waals surface area contributed by atoms with Crippen molar-refractivity contribution in [2.75, 3.05) is 34.0 Å². The molecule has 3 aliphatic rings. The maximum Gasteiger partial charge on any atom is 0.187 e. The van der Waals surface area contributed by atoms with Crippen LogP contribution in [0.1, 0.15) is 0 Å². The minimum atomic E-state index is -1.85. The Bertz CT molecular complexity index is 670. The fourth-order valence-electron chi connectivity index (χ4n) is 4.47. The van der Waals surface area contributed by atoms with E-state index in [1.165, 1.54) is 14.2 Å². The third-order valence-corrected chi connectivity index (χ3v) is 6.56. The summed E-state index contributed by atoms with van der Waals surface area (Å²) in [6.07, 6.45) is -22.7. The summed E-state index contributed by atoms with van der Waals surface area (Å²) in [6, 6.07) is 0. The molecule has 0 spiro atoms. The second kappa shape index (κ2) is 12.9. The molecule has 0 radical (unpaired) electrons. The number of rotatable bonds is 9. The van der Waals surface area contributed by atoms with Gasteiger partial charge in [-0.1, -0.05) is 0 Å².